The summed E-state index contributed by atoms with van der Waals surface area (Å²) in [7, 11) is -1.06. The number of halogens is 4. The predicted octanol–water partition coefficient (Wildman–Crippen LogP) is 14.0. The van der Waals surface area contributed by atoms with Crippen molar-refractivity contribution in [3.8, 4) is 11.1 Å². The molecule has 7 aromatic rings. The molecule has 7 rings (SSSR count). The lowest BCUT2D eigenvalue weighted by atomic mass is 10.0. The maximum absolute atomic E-state index is 11.2. The minimum atomic E-state index is -1.06. The number of nitro benzene ring substituents is 1. The summed E-state index contributed by atoms with van der Waals surface area (Å²) in [4.78, 5) is 18.0. The molecule has 0 saturated heterocycles. The molecule has 0 aliphatic carbocycles. The van der Waals surface area contributed by atoms with Gasteiger partial charge in [-0.05, 0) is 76.9 Å². The van der Waals surface area contributed by atoms with Gasteiger partial charge in [-0.2, -0.15) is 0 Å². The molecule has 0 atom stereocenters. The minimum Gasteiger partial charge on any atom is -0.464 e. The van der Waals surface area contributed by atoms with Gasteiger partial charge in [0.05, 0.1) is 47.5 Å². The Balaban J connectivity index is 0.000000202. The number of hydrogen-bond donors (Lipinski definition) is 1. The van der Waals surface area contributed by atoms with Crippen LogP contribution in [0.4, 0.5) is 5.69 Å². The predicted molar refractivity (Wildman–Crippen MR) is 231 cm³/mol. The second-order valence-corrected chi connectivity index (χ2v) is 12.5. The molecule has 3 aromatic heterocycles. The van der Waals surface area contributed by atoms with E-state index in [1.54, 1.807) is 18.4 Å². The van der Waals surface area contributed by atoms with E-state index in [-0.39, 0.29) is 10.6 Å². The normalized spacial score (nSPS) is 10.5. The average Bonchev–Trinajstić information content (AvgIpc) is 3.83. The second-order valence-electron chi connectivity index (χ2n) is 9.60. The van der Waals surface area contributed by atoms with Gasteiger partial charge >= 0.3 is 8.60 Å². The molecule has 3 heterocycles. The van der Waals surface area contributed by atoms with Gasteiger partial charge in [0.25, 0.3) is 5.69 Å². The smallest absolute Gasteiger partial charge is 0.332 e. The summed E-state index contributed by atoms with van der Waals surface area (Å²) in [6.45, 7) is 7.71. The fourth-order valence-corrected chi connectivity index (χ4v) is 6.91. The van der Waals surface area contributed by atoms with E-state index < -0.39 is 8.60 Å². The highest BCUT2D eigenvalue weighted by atomic mass is 127. The lowest BCUT2D eigenvalue weighted by Gasteiger charge is -2.12. The Bertz CT molecular complexity index is 2090. The molecule has 266 valence electrons. The quantitative estimate of drug-likeness (QED) is 0.0530. The van der Waals surface area contributed by atoms with Crippen LogP contribution < -0.4 is 0 Å². The van der Waals surface area contributed by atoms with Gasteiger partial charge in [-0.15, -0.1) is 0 Å². The minimum absolute atomic E-state index is 0.0564. The zero-order valence-corrected chi connectivity index (χ0v) is 36.4. The third kappa shape index (κ3) is 10.5. The third-order valence-electron chi connectivity index (χ3n) is 6.75. The Morgan fingerprint density at radius 3 is 1.92 bits per heavy atom. The molecule has 0 aliphatic rings. The lowest BCUT2D eigenvalue weighted by molar-refractivity contribution is -0.384. The molecule has 4 aromatic carbocycles. The summed E-state index contributed by atoms with van der Waals surface area (Å²) in [5.74, 6) is 0. The highest BCUT2D eigenvalue weighted by Crippen LogP contribution is 2.41. The number of furan rings is 2. The molecule has 0 amide bonds. The van der Waals surface area contributed by atoms with E-state index in [0.717, 1.165) is 43.0 Å². The molecule has 0 fully saturated rings. The van der Waals surface area contributed by atoms with E-state index in [1.807, 2.05) is 79.2 Å². The molecule has 14 heteroatoms. The maximum Gasteiger partial charge on any atom is 0.332 e. The number of aromatic amines is 1. The number of nitrogens with one attached hydrogen (secondary N) is 1. The van der Waals surface area contributed by atoms with E-state index in [1.165, 1.54) is 11.5 Å². The van der Waals surface area contributed by atoms with E-state index in [2.05, 4.69) is 100 Å². The van der Waals surface area contributed by atoms with Crippen LogP contribution in [0, 0.1) is 10.1 Å². The standard InChI is InChI=1S/C14H8BrNO3.C14H8BrNO.C6H15O3P.2CH3I/c15-11-5-3-6-12(16(17)18)14(11)10-8-19-13-7-2-1-4-9(10)13;15-9-5-3-6-10-13(9)12-8-4-1-2-7-11(8)17-14(12)16-10;1-4-7-10(8-5-2)9-6-3;2*1-2/h1-8H;1-7,16H;4-6H2,1-3H3;2*1H3. The first-order chi connectivity index (χ1) is 24.4. The molecule has 0 spiro atoms. The van der Waals surface area contributed by atoms with Gasteiger partial charge < -0.3 is 27.4 Å². The van der Waals surface area contributed by atoms with Crippen molar-refractivity contribution in [2.45, 2.75) is 20.8 Å². The van der Waals surface area contributed by atoms with Crippen LogP contribution in [0.3, 0.4) is 0 Å². The molecule has 0 unspecified atom stereocenters. The molecule has 0 aliphatic heterocycles. The number of hydrogen-bond acceptors (Lipinski definition) is 7. The van der Waals surface area contributed by atoms with Crippen molar-refractivity contribution in [1.82, 2.24) is 4.98 Å². The van der Waals surface area contributed by atoms with Crippen LogP contribution in [0.1, 0.15) is 20.8 Å². The number of nitrogens with zero attached hydrogens (tertiary/aromatic N) is 1. The van der Waals surface area contributed by atoms with Crippen molar-refractivity contribution < 1.29 is 27.3 Å². The Kier molecular flexibility index (Phi) is 18.7. The molecule has 9 nitrogen and oxygen atoms in total. The molecular formula is C36H37Br2I2N2O7P. The molecule has 0 radical (unpaired) electrons. The third-order valence-corrected chi connectivity index (χ3v) is 9.48. The van der Waals surface area contributed by atoms with Gasteiger partial charge in [-0.1, -0.05) is 110 Å². The highest BCUT2D eigenvalue weighted by molar-refractivity contribution is 14.1. The van der Waals surface area contributed by atoms with Crippen LogP contribution in [0.25, 0.3) is 55.1 Å². The first kappa shape index (κ1) is 42.3. The summed E-state index contributed by atoms with van der Waals surface area (Å²) < 4.78 is 28.5. The monoisotopic (exact) mass is 1050 g/mol. The van der Waals surface area contributed by atoms with Crippen LogP contribution >= 0.6 is 85.6 Å². The van der Waals surface area contributed by atoms with Gasteiger partial charge in [0, 0.05) is 36.7 Å². The molecule has 0 bridgehead atoms. The van der Waals surface area contributed by atoms with E-state index >= 15 is 0 Å². The van der Waals surface area contributed by atoms with Crippen molar-refractivity contribution in [3.05, 3.63) is 110 Å². The molecular weight excluding hydrogens is 1020 g/mol. The van der Waals surface area contributed by atoms with E-state index in [0.29, 0.717) is 35.4 Å². The zero-order valence-electron chi connectivity index (χ0n) is 28.0. The van der Waals surface area contributed by atoms with E-state index in [4.69, 9.17) is 22.4 Å². The topological polar surface area (TPSA) is 113 Å². The van der Waals surface area contributed by atoms with Crippen molar-refractivity contribution in [2.24, 2.45) is 0 Å². The fourth-order valence-electron chi connectivity index (χ4n) is 4.92. The van der Waals surface area contributed by atoms with E-state index in [9.17, 15) is 10.1 Å². The zero-order chi connectivity index (χ0) is 36.6. The van der Waals surface area contributed by atoms with Gasteiger partial charge in [0.2, 0.25) is 5.71 Å². The summed E-state index contributed by atoms with van der Waals surface area (Å²) in [6.07, 6.45) is 1.55. The van der Waals surface area contributed by atoms with Gasteiger partial charge in [-0.3, -0.25) is 10.1 Å². The van der Waals surface area contributed by atoms with Crippen LogP contribution in [-0.2, 0) is 13.6 Å². The fraction of sp³-hybridized carbons (Fsp3) is 0.222. The number of fused-ring (bicyclic) bond motifs is 6. The van der Waals surface area contributed by atoms with Crippen molar-refractivity contribution in [2.75, 3.05) is 29.7 Å². The van der Waals surface area contributed by atoms with Gasteiger partial charge in [-0.25, -0.2) is 0 Å². The summed E-state index contributed by atoms with van der Waals surface area (Å²) in [6, 6.07) is 26.6. The van der Waals surface area contributed by atoms with Gasteiger partial charge in [0.1, 0.15) is 11.2 Å². The summed E-state index contributed by atoms with van der Waals surface area (Å²) in [5.41, 5.74) is 4.88. The number of H-pyrrole nitrogens is 1. The van der Waals surface area contributed by atoms with Crippen molar-refractivity contribution in [3.63, 3.8) is 0 Å². The van der Waals surface area contributed by atoms with Gasteiger partial charge in [0.15, 0.2) is 0 Å². The number of para-hydroxylation sites is 2. The first-order valence-electron chi connectivity index (χ1n) is 15.3. The van der Waals surface area contributed by atoms with Crippen LogP contribution in [-0.4, -0.2) is 39.6 Å². The second kappa shape index (κ2) is 22.1. The van der Waals surface area contributed by atoms with Crippen LogP contribution in [0.2, 0.25) is 0 Å². The lowest BCUT2D eigenvalue weighted by Crippen LogP contribution is -1.94. The molecule has 0 saturated carbocycles. The number of nitro groups is 1. The number of alkyl halides is 2. The number of benzene rings is 4. The van der Waals surface area contributed by atoms with Crippen LogP contribution in [0.15, 0.2) is 109 Å². The Labute approximate surface area is 336 Å². The number of rotatable bonds is 8. The SMILES string of the molecule is Brc1cccc2[nH]c3oc4ccccc4c3c12.CCOP(OCC)OCC.CI.CI.O=[N+]([O-])c1cccc(Br)c1-c1coc2ccccc12. The Morgan fingerprint density at radius 1 is 0.740 bits per heavy atom. The number of aromatic nitrogens is 1. The van der Waals surface area contributed by atoms with Crippen molar-refractivity contribution >= 4 is 135 Å². The Morgan fingerprint density at radius 2 is 1.30 bits per heavy atom. The van der Waals surface area contributed by atoms with Crippen LogP contribution in [0.5, 0.6) is 0 Å². The molecule has 50 heavy (non-hydrogen) atoms. The summed E-state index contributed by atoms with van der Waals surface area (Å²) in [5, 5.41) is 15.5. The largest absolute Gasteiger partial charge is 0.464 e. The molecule has 1 N–H and O–H groups in total. The maximum atomic E-state index is 11.2. The van der Waals surface area contributed by atoms with Crippen molar-refractivity contribution in [1.29, 1.82) is 0 Å². The summed E-state index contributed by atoms with van der Waals surface area (Å²) >= 11 is 11.3. The Hall–Kier alpha value is -2.11. The highest BCUT2D eigenvalue weighted by Gasteiger charge is 2.21. The average molecular weight is 1050 g/mol. The first-order valence-corrected chi connectivity index (χ1v) is 22.3.